The van der Waals surface area contributed by atoms with Gasteiger partial charge in [-0.15, -0.1) is 10.2 Å². The molecule has 1 heterocycles. The molecule has 0 bridgehead atoms. The highest BCUT2D eigenvalue weighted by atomic mass is 35.5. The number of halogens is 1. The van der Waals surface area contributed by atoms with Crippen molar-refractivity contribution in [2.24, 2.45) is 0 Å². The Balaban J connectivity index is 2.48. The van der Waals surface area contributed by atoms with Crippen LogP contribution in [0.3, 0.4) is 0 Å². The summed E-state index contributed by atoms with van der Waals surface area (Å²) in [5.41, 5.74) is 0.297. The van der Waals surface area contributed by atoms with Gasteiger partial charge in [0.1, 0.15) is 0 Å². The zero-order valence-electron chi connectivity index (χ0n) is 7.96. The van der Waals surface area contributed by atoms with E-state index in [1.54, 1.807) is 12.1 Å². The van der Waals surface area contributed by atoms with Crippen molar-refractivity contribution in [3.8, 4) is 0 Å². The van der Waals surface area contributed by atoms with E-state index in [0.717, 1.165) is 12.8 Å². The van der Waals surface area contributed by atoms with E-state index < -0.39 is 0 Å². The summed E-state index contributed by atoms with van der Waals surface area (Å²) >= 11 is 5.54. The van der Waals surface area contributed by atoms with Crippen molar-refractivity contribution in [1.29, 1.82) is 0 Å². The second-order valence-electron chi connectivity index (χ2n) is 2.85. The van der Waals surface area contributed by atoms with Crippen LogP contribution in [0.1, 0.15) is 30.3 Å². The van der Waals surface area contributed by atoms with E-state index >= 15 is 0 Å². The van der Waals surface area contributed by atoms with Gasteiger partial charge in [0, 0.05) is 6.54 Å². The quantitative estimate of drug-likeness (QED) is 0.774. The molecule has 14 heavy (non-hydrogen) atoms. The van der Waals surface area contributed by atoms with E-state index in [-0.39, 0.29) is 11.1 Å². The Morgan fingerprint density at radius 3 is 2.86 bits per heavy atom. The van der Waals surface area contributed by atoms with Gasteiger partial charge in [-0.1, -0.05) is 24.9 Å². The summed E-state index contributed by atoms with van der Waals surface area (Å²) in [7, 11) is 0. The molecular weight excluding hydrogens is 202 g/mol. The van der Waals surface area contributed by atoms with Crippen LogP contribution in [0.15, 0.2) is 12.1 Å². The standard InChI is InChI=1S/C9H12ClN3O/c1-2-3-6-11-9(14)7-4-5-8(10)13-12-7/h4-5H,2-3,6H2,1H3,(H,11,14). The van der Waals surface area contributed by atoms with Crippen LogP contribution in [0, 0.1) is 0 Å². The highest BCUT2D eigenvalue weighted by Crippen LogP contribution is 2.01. The third-order valence-electron chi connectivity index (χ3n) is 1.68. The average Bonchev–Trinajstić information content (AvgIpc) is 2.19. The number of carbonyl (C=O) groups excluding carboxylic acids is 1. The molecule has 0 radical (unpaired) electrons. The maximum Gasteiger partial charge on any atom is 0.271 e. The third-order valence-corrected chi connectivity index (χ3v) is 1.88. The van der Waals surface area contributed by atoms with Gasteiger partial charge in [-0.25, -0.2) is 0 Å². The summed E-state index contributed by atoms with van der Waals surface area (Å²) < 4.78 is 0. The van der Waals surface area contributed by atoms with E-state index in [0.29, 0.717) is 12.2 Å². The molecule has 0 aliphatic heterocycles. The molecule has 1 amide bonds. The average molecular weight is 214 g/mol. The van der Waals surface area contributed by atoms with Crippen molar-refractivity contribution in [1.82, 2.24) is 15.5 Å². The Morgan fingerprint density at radius 2 is 2.29 bits per heavy atom. The lowest BCUT2D eigenvalue weighted by Crippen LogP contribution is -2.25. The number of hydrogen-bond donors (Lipinski definition) is 1. The van der Waals surface area contributed by atoms with Gasteiger partial charge in [-0.3, -0.25) is 4.79 Å². The smallest absolute Gasteiger partial charge is 0.271 e. The van der Waals surface area contributed by atoms with Gasteiger partial charge >= 0.3 is 0 Å². The number of amides is 1. The van der Waals surface area contributed by atoms with E-state index in [4.69, 9.17) is 11.6 Å². The lowest BCUT2D eigenvalue weighted by Gasteiger charge is -2.02. The summed E-state index contributed by atoms with van der Waals surface area (Å²) in [6.07, 6.45) is 2.01. The lowest BCUT2D eigenvalue weighted by molar-refractivity contribution is 0.0947. The Morgan fingerprint density at radius 1 is 1.50 bits per heavy atom. The van der Waals surface area contributed by atoms with Crippen LogP contribution >= 0.6 is 11.6 Å². The van der Waals surface area contributed by atoms with Crippen molar-refractivity contribution < 1.29 is 4.79 Å². The van der Waals surface area contributed by atoms with Crippen molar-refractivity contribution in [3.05, 3.63) is 23.0 Å². The fourth-order valence-electron chi connectivity index (χ4n) is 0.906. The van der Waals surface area contributed by atoms with E-state index in [9.17, 15) is 4.79 Å². The molecule has 0 aliphatic rings. The van der Waals surface area contributed by atoms with Crippen LogP contribution in [0.5, 0.6) is 0 Å². The number of carbonyl (C=O) groups is 1. The van der Waals surface area contributed by atoms with Crippen LogP contribution in [0.4, 0.5) is 0 Å². The van der Waals surface area contributed by atoms with Crippen molar-refractivity contribution >= 4 is 17.5 Å². The summed E-state index contributed by atoms with van der Waals surface area (Å²) in [6, 6.07) is 3.10. The second kappa shape index (κ2) is 5.54. The topological polar surface area (TPSA) is 54.9 Å². The predicted molar refractivity (Wildman–Crippen MR) is 54.3 cm³/mol. The molecule has 5 heteroatoms. The van der Waals surface area contributed by atoms with Gasteiger partial charge in [0.2, 0.25) is 0 Å². The molecule has 0 fully saturated rings. The molecule has 0 aliphatic carbocycles. The van der Waals surface area contributed by atoms with Gasteiger partial charge < -0.3 is 5.32 Å². The highest BCUT2D eigenvalue weighted by Gasteiger charge is 2.05. The molecule has 0 saturated carbocycles. The molecule has 0 atom stereocenters. The van der Waals surface area contributed by atoms with Crippen molar-refractivity contribution in [3.63, 3.8) is 0 Å². The minimum atomic E-state index is -0.206. The molecule has 76 valence electrons. The Kier molecular flexibility index (Phi) is 4.32. The van der Waals surface area contributed by atoms with Crippen LogP contribution < -0.4 is 5.32 Å². The fraction of sp³-hybridized carbons (Fsp3) is 0.444. The minimum Gasteiger partial charge on any atom is -0.351 e. The van der Waals surface area contributed by atoms with Crippen LogP contribution in [0.25, 0.3) is 0 Å². The molecule has 1 aromatic heterocycles. The maximum atomic E-state index is 11.4. The van der Waals surface area contributed by atoms with Gasteiger partial charge in [0.15, 0.2) is 10.8 Å². The summed E-state index contributed by atoms with van der Waals surface area (Å²) in [5.74, 6) is -0.206. The first kappa shape index (κ1) is 10.9. The second-order valence-corrected chi connectivity index (χ2v) is 3.24. The number of unbranched alkanes of at least 4 members (excludes halogenated alkanes) is 1. The van der Waals surface area contributed by atoms with Gasteiger partial charge in [-0.2, -0.15) is 0 Å². The first-order chi connectivity index (χ1) is 6.74. The summed E-state index contributed by atoms with van der Waals surface area (Å²) in [6.45, 7) is 2.73. The molecule has 1 aromatic rings. The molecule has 0 spiro atoms. The largest absolute Gasteiger partial charge is 0.351 e. The van der Waals surface area contributed by atoms with Gasteiger partial charge in [0.05, 0.1) is 0 Å². The minimum absolute atomic E-state index is 0.206. The molecule has 0 aromatic carbocycles. The first-order valence-corrected chi connectivity index (χ1v) is 4.89. The maximum absolute atomic E-state index is 11.4. The summed E-state index contributed by atoms with van der Waals surface area (Å²) in [5, 5.41) is 10.3. The van der Waals surface area contributed by atoms with Crippen LogP contribution in [-0.4, -0.2) is 22.6 Å². The first-order valence-electron chi connectivity index (χ1n) is 4.51. The number of nitrogens with one attached hydrogen (secondary N) is 1. The van der Waals surface area contributed by atoms with Crippen LogP contribution in [0.2, 0.25) is 5.15 Å². The van der Waals surface area contributed by atoms with Gasteiger partial charge in [0.25, 0.3) is 5.91 Å². The predicted octanol–water partition coefficient (Wildman–Crippen LogP) is 1.66. The molecule has 0 saturated heterocycles. The number of nitrogens with zero attached hydrogens (tertiary/aromatic N) is 2. The monoisotopic (exact) mass is 213 g/mol. The summed E-state index contributed by atoms with van der Waals surface area (Å²) in [4.78, 5) is 11.4. The Labute approximate surface area is 87.7 Å². The number of rotatable bonds is 4. The number of aromatic nitrogens is 2. The zero-order chi connectivity index (χ0) is 10.4. The zero-order valence-corrected chi connectivity index (χ0v) is 8.71. The van der Waals surface area contributed by atoms with Crippen molar-refractivity contribution in [2.45, 2.75) is 19.8 Å². The molecule has 4 nitrogen and oxygen atoms in total. The fourth-order valence-corrected chi connectivity index (χ4v) is 1.01. The molecular formula is C9H12ClN3O. The normalized spacial score (nSPS) is 9.86. The molecule has 1 rings (SSSR count). The van der Waals surface area contributed by atoms with E-state index in [1.807, 2.05) is 0 Å². The van der Waals surface area contributed by atoms with Crippen LogP contribution in [-0.2, 0) is 0 Å². The third kappa shape index (κ3) is 3.30. The molecule has 1 N–H and O–H groups in total. The lowest BCUT2D eigenvalue weighted by atomic mass is 10.3. The molecule has 0 unspecified atom stereocenters. The Hall–Kier alpha value is -1.16. The van der Waals surface area contributed by atoms with Crippen molar-refractivity contribution in [2.75, 3.05) is 6.54 Å². The SMILES string of the molecule is CCCCNC(=O)c1ccc(Cl)nn1. The highest BCUT2D eigenvalue weighted by molar-refractivity contribution is 6.29. The Bertz CT molecular complexity index is 299. The van der Waals surface area contributed by atoms with E-state index in [1.165, 1.54) is 0 Å². The van der Waals surface area contributed by atoms with E-state index in [2.05, 4.69) is 22.4 Å². The number of hydrogen-bond acceptors (Lipinski definition) is 3. The van der Waals surface area contributed by atoms with Gasteiger partial charge in [-0.05, 0) is 18.6 Å².